The maximum absolute atomic E-state index is 6.78. The minimum absolute atomic E-state index is 0.0108. The van der Waals surface area contributed by atoms with E-state index in [-0.39, 0.29) is 16.2 Å². The van der Waals surface area contributed by atoms with Gasteiger partial charge in [0, 0.05) is 40.4 Å². The van der Waals surface area contributed by atoms with Crippen molar-refractivity contribution in [2.45, 2.75) is 78.6 Å². The van der Waals surface area contributed by atoms with Crippen LogP contribution < -0.4 is 14.5 Å². The maximum atomic E-state index is 6.78. The second-order valence-corrected chi connectivity index (χ2v) is 19.1. The highest BCUT2D eigenvalue weighted by Gasteiger charge is 2.30. The van der Waals surface area contributed by atoms with Crippen molar-refractivity contribution in [1.82, 2.24) is 9.55 Å². The van der Waals surface area contributed by atoms with E-state index in [9.17, 15) is 0 Å². The standard InChI is InChI=1S/C54H54N4O/c1-52(2,3)37-22-26-46(44(30-37)36-16-11-10-12-17-36)57-35-56(48-20-13-14-21-49(48)57)40-18-15-19-41(33-40)59-42-24-25-43-45-31-38(53(4,5)6)23-27-47(45)58(50(43)34-42)51-32-39(28-29-55-51)54(7,8)9/h10-34H,35H2,1-9H3. The summed E-state index contributed by atoms with van der Waals surface area (Å²) in [7, 11) is 0. The Morgan fingerprint density at radius 3 is 1.85 bits per heavy atom. The monoisotopic (exact) mass is 774 g/mol. The summed E-state index contributed by atoms with van der Waals surface area (Å²) >= 11 is 0. The largest absolute Gasteiger partial charge is 0.457 e. The summed E-state index contributed by atoms with van der Waals surface area (Å²) in [5.74, 6) is 2.46. The predicted molar refractivity (Wildman–Crippen MR) is 249 cm³/mol. The Morgan fingerprint density at radius 2 is 1.12 bits per heavy atom. The molecule has 0 aliphatic carbocycles. The van der Waals surface area contributed by atoms with Gasteiger partial charge in [-0.15, -0.1) is 0 Å². The first kappa shape index (κ1) is 38.2. The Bertz CT molecular complexity index is 2850. The lowest BCUT2D eigenvalue weighted by atomic mass is 9.85. The number of aromatic nitrogens is 2. The SMILES string of the molecule is CC(C)(C)c1ccnc(-n2c3ccc(C(C)(C)C)cc3c3ccc(Oc4cccc(N5CN(c6ccc(C(C)(C)C)cc6-c6ccccc6)c6ccccc65)c4)cc32)c1. The molecular formula is C54H54N4O. The summed E-state index contributed by atoms with van der Waals surface area (Å²) in [6, 6.07) is 52.6. The van der Waals surface area contributed by atoms with Crippen molar-refractivity contribution in [3.05, 3.63) is 168 Å². The maximum Gasteiger partial charge on any atom is 0.137 e. The number of para-hydroxylation sites is 2. The molecule has 3 heterocycles. The summed E-state index contributed by atoms with van der Waals surface area (Å²) in [5.41, 5.74) is 13.1. The molecule has 9 rings (SSSR count). The lowest BCUT2D eigenvalue weighted by molar-refractivity contribution is 0.483. The quantitative estimate of drug-likeness (QED) is 0.168. The molecule has 296 valence electrons. The van der Waals surface area contributed by atoms with Crippen LogP contribution in [0.15, 0.2) is 152 Å². The van der Waals surface area contributed by atoms with Gasteiger partial charge in [0.05, 0.1) is 28.1 Å². The summed E-state index contributed by atoms with van der Waals surface area (Å²) in [4.78, 5) is 9.76. The number of rotatable bonds is 6. The van der Waals surface area contributed by atoms with E-state index in [2.05, 4.69) is 216 Å². The van der Waals surface area contributed by atoms with Crippen molar-refractivity contribution in [3.8, 4) is 28.4 Å². The van der Waals surface area contributed by atoms with E-state index >= 15 is 0 Å². The highest BCUT2D eigenvalue weighted by atomic mass is 16.5. The predicted octanol–water partition coefficient (Wildman–Crippen LogP) is 14.8. The van der Waals surface area contributed by atoms with Gasteiger partial charge in [-0.3, -0.25) is 4.57 Å². The Balaban J connectivity index is 1.09. The van der Waals surface area contributed by atoms with Gasteiger partial charge in [-0.05, 0) is 111 Å². The number of nitrogens with zero attached hydrogens (tertiary/aromatic N) is 4. The van der Waals surface area contributed by atoms with Crippen molar-refractivity contribution in [2.75, 3.05) is 16.5 Å². The van der Waals surface area contributed by atoms with Crippen molar-refractivity contribution in [1.29, 1.82) is 0 Å². The second kappa shape index (κ2) is 14.2. The first-order chi connectivity index (χ1) is 28.1. The zero-order chi connectivity index (χ0) is 41.3. The van der Waals surface area contributed by atoms with Gasteiger partial charge in [-0.25, -0.2) is 4.98 Å². The molecule has 0 fully saturated rings. The fraction of sp³-hybridized carbons (Fsp3) is 0.241. The summed E-state index contributed by atoms with van der Waals surface area (Å²) in [6.07, 6.45) is 1.93. The molecule has 0 saturated carbocycles. The Labute approximate surface area is 349 Å². The van der Waals surface area contributed by atoms with Crippen LogP contribution in [0, 0.1) is 0 Å². The summed E-state index contributed by atoms with van der Waals surface area (Å²) in [6.45, 7) is 21.1. The van der Waals surface area contributed by atoms with E-state index in [4.69, 9.17) is 9.72 Å². The van der Waals surface area contributed by atoms with Gasteiger partial charge in [0.15, 0.2) is 0 Å². The van der Waals surface area contributed by atoms with Crippen LogP contribution in [0.1, 0.15) is 79.0 Å². The molecular weight excluding hydrogens is 721 g/mol. The van der Waals surface area contributed by atoms with E-state index in [1.54, 1.807) is 0 Å². The number of hydrogen-bond donors (Lipinski definition) is 0. The van der Waals surface area contributed by atoms with Gasteiger partial charge in [0.2, 0.25) is 0 Å². The summed E-state index contributed by atoms with van der Waals surface area (Å²) in [5, 5.41) is 2.39. The topological polar surface area (TPSA) is 33.5 Å². The van der Waals surface area contributed by atoms with Crippen LogP contribution in [0.5, 0.6) is 11.5 Å². The van der Waals surface area contributed by atoms with Crippen molar-refractivity contribution < 1.29 is 4.74 Å². The Kier molecular flexibility index (Phi) is 9.19. The van der Waals surface area contributed by atoms with Crippen LogP contribution in [0.3, 0.4) is 0 Å². The highest BCUT2D eigenvalue weighted by Crippen LogP contribution is 2.48. The molecule has 0 bridgehead atoms. The van der Waals surface area contributed by atoms with Crippen LogP contribution >= 0.6 is 0 Å². The van der Waals surface area contributed by atoms with Crippen molar-refractivity contribution in [3.63, 3.8) is 0 Å². The van der Waals surface area contributed by atoms with Gasteiger partial charge in [-0.1, -0.05) is 123 Å². The third-order valence-electron chi connectivity index (χ3n) is 11.8. The Morgan fingerprint density at radius 1 is 0.475 bits per heavy atom. The number of pyridine rings is 1. The lowest BCUT2D eigenvalue weighted by Gasteiger charge is -2.27. The zero-order valence-electron chi connectivity index (χ0n) is 35.8. The number of anilines is 4. The molecule has 5 heteroatoms. The van der Waals surface area contributed by atoms with Crippen molar-refractivity contribution in [2.24, 2.45) is 0 Å². The average Bonchev–Trinajstić information content (AvgIpc) is 3.76. The lowest BCUT2D eigenvalue weighted by Crippen LogP contribution is -2.24. The minimum Gasteiger partial charge on any atom is -0.457 e. The number of benzene rings is 6. The molecule has 0 amide bonds. The van der Waals surface area contributed by atoms with Gasteiger partial charge >= 0.3 is 0 Å². The molecule has 0 unspecified atom stereocenters. The molecule has 1 aliphatic rings. The number of fused-ring (bicyclic) bond motifs is 4. The molecule has 0 saturated heterocycles. The molecule has 8 aromatic rings. The second-order valence-electron chi connectivity index (χ2n) is 19.1. The zero-order valence-corrected chi connectivity index (χ0v) is 35.8. The number of hydrogen-bond acceptors (Lipinski definition) is 4. The van der Waals surface area contributed by atoms with E-state index in [0.29, 0.717) is 6.67 Å². The van der Waals surface area contributed by atoms with Gasteiger partial charge < -0.3 is 14.5 Å². The van der Waals surface area contributed by atoms with Gasteiger partial charge in [-0.2, -0.15) is 0 Å². The van der Waals surface area contributed by atoms with Crippen LogP contribution in [0.25, 0.3) is 38.8 Å². The molecule has 2 aromatic heterocycles. The van der Waals surface area contributed by atoms with Crippen molar-refractivity contribution >= 4 is 44.6 Å². The van der Waals surface area contributed by atoms with E-state index in [1.165, 1.54) is 50.0 Å². The molecule has 0 spiro atoms. The third-order valence-corrected chi connectivity index (χ3v) is 11.8. The van der Waals surface area contributed by atoms with E-state index in [1.807, 2.05) is 12.3 Å². The number of ether oxygens (including phenoxy) is 1. The van der Waals surface area contributed by atoms with Crippen LogP contribution in [0.4, 0.5) is 22.7 Å². The Hall–Kier alpha value is -6.33. The minimum atomic E-state index is -0.0108. The first-order valence-corrected chi connectivity index (χ1v) is 20.8. The summed E-state index contributed by atoms with van der Waals surface area (Å²) < 4.78 is 9.07. The van der Waals surface area contributed by atoms with E-state index in [0.717, 1.165) is 39.7 Å². The normalized spacial score (nSPS) is 13.4. The molecule has 0 atom stereocenters. The molecule has 0 radical (unpaired) electrons. The van der Waals surface area contributed by atoms with Crippen LogP contribution in [-0.4, -0.2) is 16.2 Å². The molecule has 1 aliphatic heterocycles. The van der Waals surface area contributed by atoms with Crippen LogP contribution in [0.2, 0.25) is 0 Å². The molecule has 6 aromatic carbocycles. The molecule has 59 heavy (non-hydrogen) atoms. The third kappa shape index (κ3) is 7.13. The fourth-order valence-electron chi connectivity index (χ4n) is 8.36. The molecule has 5 nitrogen and oxygen atoms in total. The smallest absolute Gasteiger partial charge is 0.137 e. The average molecular weight is 775 g/mol. The highest BCUT2D eigenvalue weighted by molar-refractivity contribution is 6.10. The first-order valence-electron chi connectivity index (χ1n) is 20.8. The van der Waals surface area contributed by atoms with Crippen LogP contribution in [-0.2, 0) is 16.2 Å². The van der Waals surface area contributed by atoms with Gasteiger partial charge in [0.25, 0.3) is 0 Å². The van der Waals surface area contributed by atoms with E-state index < -0.39 is 0 Å². The van der Waals surface area contributed by atoms with Gasteiger partial charge in [0.1, 0.15) is 24.0 Å². The fourth-order valence-corrected chi connectivity index (χ4v) is 8.36. The molecule has 0 N–H and O–H groups in total.